The summed E-state index contributed by atoms with van der Waals surface area (Å²) in [6.45, 7) is 5.65. The largest absolute Gasteiger partial charge is 0.390 e. The molecule has 0 aromatic rings. The van der Waals surface area contributed by atoms with Crippen molar-refractivity contribution in [3.8, 4) is 0 Å². The minimum atomic E-state index is -4.24. The van der Waals surface area contributed by atoms with Crippen LogP contribution in [0.4, 0.5) is 13.2 Å². The van der Waals surface area contributed by atoms with Crippen LogP contribution >= 0.6 is 24.0 Å². The van der Waals surface area contributed by atoms with Gasteiger partial charge in [0.2, 0.25) is 0 Å². The van der Waals surface area contributed by atoms with E-state index in [-0.39, 0.29) is 49.4 Å². The highest BCUT2D eigenvalue weighted by Crippen LogP contribution is 2.24. The number of nitrogens with one attached hydrogen (secondary N) is 1. The molecular formula is C12H23F3IN3O2S. The van der Waals surface area contributed by atoms with Gasteiger partial charge in [-0.25, -0.2) is 8.42 Å². The minimum Gasteiger partial charge on any atom is -0.357 e. The topological polar surface area (TPSA) is 61.8 Å². The van der Waals surface area contributed by atoms with E-state index in [2.05, 4.69) is 10.3 Å². The first-order chi connectivity index (χ1) is 9.48. The summed E-state index contributed by atoms with van der Waals surface area (Å²) in [7, 11) is -3.19. The molecule has 0 atom stereocenters. The summed E-state index contributed by atoms with van der Waals surface area (Å²) in [6, 6.07) is 0. The molecule has 5 nitrogen and oxygen atoms in total. The molecule has 1 aliphatic rings. The van der Waals surface area contributed by atoms with Crippen LogP contribution in [0.5, 0.6) is 0 Å². The van der Waals surface area contributed by atoms with Gasteiger partial charge in [0.15, 0.2) is 15.8 Å². The van der Waals surface area contributed by atoms with E-state index in [4.69, 9.17) is 0 Å². The average Bonchev–Trinajstić information content (AvgIpc) is 2.30. The quantitative estimate of drug-likeness (QED) is 0.401. The Hall–Kier alpha value is -0.260. The number of hydrogen-bond donors (Lipinski definition) is 1. The summed E-state index contributed by atoms with van der Waals surface area (Å²) in [5.41, 5.74) is 0. The van der Waals surface area contributed by atoms with E-state index >= 15 is 0 Å². The van der Waals surface area contributed by atoms with Crippen molar-refractivity contribution in [2.24, 2.45) is 4.99 Å². The normalized spacial score (nSPS) is 21.2. The van der Waals surface area contributed by atoms with Gasteiger partial charge in [0.1, 0.15) is 0 Å². The number of aliphatic imine (C=N–C) groups is 1. The van der Waals surface area contributed by atoms with E-state index in [1.54, 1.807) is 18.7 Å². The molecule has 1 saturated heterocycles. The second-order valence-corrected chi connectivity index (χ2v) is 8.34. The summed E-state index contributed by atoms with van der Waals surface area (Å²) in [4.78, 5) is 5.66. The van der Waals surface area contributed by atoms with Crippen molar-refractivity contribution in [2.45, 2.75) is 38.1 Å². The van der Waals surface area contributed by atoms with E-state index in [1.165, 1.54) is 0 Å². The molecule has 0 bridgehead atoms. The molecule has 0 amide bonds. The number of nitrogens with zero attached hydrogens (tertiary/aromatic N) is 2. The highest BCUT2D eigenvalue weighted by atomic mass is 127. The second kappa shape index (κ2) is 8.02. The molecule has 1 N–H and O–H groups in total. The van der Waals surface area contributed by atoms with Crippen molar-refractivity contribution in [3.05, 3.63) is 0 Å². The smallest absolute Gasteiger partial charge is 0.357 e. The molecule has 10 heteroatoms. The lowest BCUT2D eigenvalue weighted by molar-refractivity contribution is -0.132. The van der Waals surface area contributed by atoms with Crippen LogP contribution in [0.15, 0.2) is 4.99 Å². The summed E-state index contributed by atoms with van der Waals surface area (Å²) in [5, 5.41) is 2.92. The van der Waals surface area contributed by atoms with Crippen LogP contribution in [0.3, 0.4) is 0 Å². The van der Waals surface area contributed by atoms with Crippen molar-refractivity contribution >= 4 is 39.8 Å². The second-order valence-electron chi connectivity index (χ2n) is 5.60. The van der Waals surface area contributed by atoms with Crippen LogP contribution in [-0.2, 0) is 9.84 Å². The summed E-state index contributed by atoms with van der Waals surface area (Å²) in [6.07, 6.45) is -5.23. The van der Waals surface area contributed by atoms with Gasteiger partial charge in [0, 0.05) is 19.6 Å². The fourth-order valence-corrected chi connectivity index (χ4v) is 3.40. The zero-order valence-electron chi connectivity index (χ0n) is 12.9. The van der Waals surface area contributed by atoms with E-state index in [9.17, 15) is 21.6 Å². The molecule has 132 valence electrons. The van der Waals surface area contributed by atoms with Gasteiger partial charge in [0.05, 0.1) is 23.5 Å². The minimum absolute atomic E-state index is 0. The highest BCUT2D eigenvalue weighted by Gasteiger charge is 2.41. The first-order valence-electron chi connectivity index (χ1n) is 6.81. The van der Waals surface area contributed by atoms with Gasteiger partial charge in [-0.15, -0.1) is 24.0 Å². The molecule has 22 heavy (non-hydrogen) atoms. The van der Waals surface area contributed by atoms with Crippen LogP contribution in [0.25, 0.3) is 0 Å². The zero-order chi connectivity index (χ0) is 16.3. The van der Waals surface area contributed by atoms with Gasteiger partial charge in [-0.1, -0.05) is 0 Å². The Labute approximate surface area is 146 Å². The first kappa shape index (κ1) is 21.7. The molecular weight excluding hydrogens is 434 g/mol. The molecule has 1 heterocycles. The lowest BCUT2D eigenvalue weighted by atomic mass is 10.2. The Bertz CT molecular complexity index is 492. The summed E-state index contributed by atoms with van der Waals surface area (Å²) in [5.74, 6) is 0.314. The highest BCUT2D eigenvalue weighted by molar-refractivity contribution is 14.0. The Morgan fingerprint density at radius 2 is 1.95 bits per heavy atom. The summed E-state index contributed by atoms with van der Waals surface area (Å²) >= 11 is 0. The average molecular weight is 457 g/mol. The number of guanidine groups is 1. The molecule has 1 aliphatic heterocycles. The molecule has 0 spiro atoms. The van der Waals surface area contributed by atoms with Crippen LogP contribution in [0.1, 0.15) is 27.2 Å². The third kappa shape index (κ3) is 6.09. The molecule has 0 saturated carbocycles. The molecule has 0 aliphatic carbocycles. The van der Waals surface area contributed by atoms with Crippen LogP contribution in [-0.4, -0.2) is 62.1 Å². The molecule has 0 radical (unpaired) electrons. The Morgan fingerprint density at radius 1 is 1.36 bits per heavy atom. The van der Waals surface area contributed by atoms with Crippen molar-refractivity contribution < 1.29 is 21.6 Å². The van der Waals surface area contributed by atoms with Gasteiger partial charge < -0.3 is 10.2 Å². The van der Waals surface area contributed by atoms with Gasteiger partial charge >= 0.3 is 6.18 Å². The maximum atomic E-state index is 12.2. The number of rotatable bonds is 3. The fraction of sp³-hybridized carbons (Fsp3) is 0.917. The van der Waals surface area contributed by atoms with Crippen LogP contribution in [0, 0.1) is 0 Å². The predicted molar refractivity (Wildman–Crippen MR) is 91.5 cm³/mol. The van der Waals surface area contributed by atoms with Gasteiger partial charge in [-0.05, 0) is 20.8 Å². The Balaban J connectivity index is 0.00000441. The Morgan fingerprint density at radius 3 is 2.41 bits per heavy atom. The van der Waals surface area contributed by atoms with Crippen molar-refractivity contribution in [2.75, 3.05) is 31.9 Å². The van der Waals surface area contributed by atoms with Crippen molar-refractivity contribution in [3.63, 3.8) is 0 Å². The number of halogens is 4. The number of alkyl halides is 3. The van der Waals surface area contributed by atoms with Crippen molar-refractivity contribution in [1.29, 1.82) is 0 Å². The van der Waals surface area contributed by atoms with Crippen LogP contribution < -0.4 is 5.32 Å². The first-order valence-corrected chi connectivity index (χ1v) is 8.46. The fourth-order valence-electron chi connectivity index (χ4n) is 2.04. The Kier molecular flexibility index (Phi) is 7.93. The molecule has 0 aromatic heterocycles. The SMILES string of the molecule is CCNC(=NCCC(F)(F)F)N1CCS(=O)(=O)C(C)(C)C1.I. The molecule has 1 fully saturated rings. The van der Waals surface area contributed by atoms with E-state index in [1.807, 2.05) is 6.92 Å². The van der Waals surface area contributed by atoms with E-state index < -0.39 is 27.2 Å². The third-order valence-corrected chi connectivity index (χ3v) is 5.87. The maximum Gasteiger partial charge on any atom is 0.390 e. The van der Waals surface area contributed by atoms with Crippen molar-refractivity contribution in [1.82, 2.24) is 10.2 Å². The standard InChI is InChI=1S/C12H22F3N3O2S.HI/c1-4-16-10(17-6-5-12(13,14)15)18-7-8-21(19,20)11(2,3)9-18;/h4-9H2,1-3H3,(H,16,17);1H. The lowest BCUT2D eigenvalue weighted by Gasteiger charge is -2.39. The maximum absolute atomic E-state index is 12.2. The molecule has 1 rings (SSSR count). The monoisotopic (exact) mass is 457 g/mol. The van der Waals surface area contributed by atoms with E-state index in [0.29, 0.717) is 12.5 Å². The zero-order valence-corrected chi connectivity index (χ0v) is 16.1. The summed E-state index contributed by atoms with van der Waals surface area (Å²) < 4.78 is 59.5. The predicted octanol–water partition coefficient (Wildman–Crippen LogP) is 2.03. The number of hydrogen-bond acceptors (Lipinski definition) is 3. The number of sulfone groups is 1. The molecule has 0 unspecified atom stereocenters. The van der Waals surface area contributed by atoms with E-state index in [0.717, 1.165) is 0 Å². The van der Waals surface area contributed by atoms with Crippen LogP contribution in [0.2, 0.25) is 0 Å². The lowest BCUT2D eigenvalue weighted by Crippen LogP contribution is -2.57. The third-order valence-electron chi connectivity index (χ3n) is 3.33. The van der Waals surface area contributed by atoms with Gasteiger partial charge in [0.25, 0.3) is 0 Å². The van der Waals surface area contributed by atoms with Gasteiger partial charge in [-0.2, -0.15) is 13.2 Å². The molecule has 0 aromatic carbocycles. The van der Waals surface area contributed by atoms with Gasteiger partial charge in [-0.3, -0.25) is 4.99 Å².